The predicted octanol–water partition coefficient (Wildman–Crippen LogP) is 1.22. The van der Waals surface area contributed by atoms with E-state index in [1.807, 2.05) is 12.1 Å². The SMILES string of the molecule is C#CCOC1CC(=O)n2cccc21. The molecule has 0 radical (unpaired) electrons. The molecule has 0 fully saturated rings. The fourth-order valence-corrected chi connectivity index (χ4v) is 1.54. The highest BCUT2D eigenvalue weighted by Crippen LogP contribution is 2.28. The summed E-state index contributed by atoms with van der Waals surface area (Å²) in [5, 5.41) is 0. The summed E-state index contributed by atoms with van der Waals surface area (Å²) in [5.74, 6) is 2.46. The van der Waals surface area contributed by atoms with Gasteiger partial charge in [-0.2, -0.15) is 0 Å². The Morgan fingerprint density at radius 2 is 2.62 bits per heavy atom. The van der Waals surface area contributed by atoms with Crippen LogP contribution in [-0.4, -0.2) is 17.1 Å². The minimum atomic E-state index is -0.154. The lowest BCUT2D eigenvalue weighted by molar-refractivity contribution is 0.0685. The molecule has 1 aromatic rings. The van der Waals surface area contributed by atoms with Gasteiger partial charge < -0.3 is 4.74 Å². The quantitative estimate of drug-likeness (QED) is 0.633. The van der Waals surface area contributed by atoms with Crippen LogP contribution in [-0.2, 0) is 4.74 Å². The van der Waals surface area contributed by atoms with Gasteiger partial charge in [0.1, 0.15) is 12.7 Å². The summed E-state index contributed by atoms with van der Waals surface area (Å²) in [6, 6.07) is 3.71. The number of fused-ring (bicyclic) bond motifs is 1. The number of carbonyl (C=O) groups is 1. The molecule has 0 saturated heterocycles. The van der Waals surface area contributed by atoms with E-state index in [1.165, 1.54) is 0 Å². The third-order valence-electron chi connectivity index (χ3n) is 2.11. The first-order valence-electron chi connectivity index (χ1n) is 4.08. The largest absolute Gasteiger partial charge is 0.359 e. The van der Waals surface area contributed by atoms with Crippen LogP contribution in [0.3, 0.4) is 0 Å². The zero-order valence-electron chi connectivity index (χ0n) is 7.06. The van der Waals surface area contributed by atoms with Crippen molar-refractivity contribution in [2.24, 2.45) is 0 Å². The van der Waals surface area contributed by atoms with E-state index in [9.17, 15) is 4.79 Å². The fraction of sp³-hybridized carbons (Fsp3) is 0.300. The molecule has 1 unspecified atom stereocenters. The van der Waals surface area contributed by atoms with Crippen molar-refractivity contribution in [3.8, 4) is 12.3 Å². The molecule has 0 aromatic carbocycles. The van der Waals surface area contributed by atoms with Gasteiger partial charge in [0.15, 0.2) is 0 Å². The second kappa shape index (κ2) is 3.08. The maximum absolute atomic E-state index is 11.3. The van der Waals surface area contributed by atoms with Crippen molar-refractivity contribution in [3.63, 3.8) is 0 Å². The van der Waals surface area contributed by atoms with E-state index in [2.05, 4.69) is 5.92 Å². The molecule has 0 amide bonds. The van der Waals surface area contributed by atoms with Crippen LogP contribution in [0.2, 0.25) is 0 Å². The lowest BCUT2D eigenvalue weighted by atomic mass is 10.2. The molecule has 0 saturated carbocycles. The molecular formula is C10H9NO2. The molecule has 66 valence electrons. The highest BCUT2D eigenvalue weighted by atomic mass is 16.5. The lowest BCUT2D eigenvalue weighted by Gasteiger charge is -2.06. The first-order chi connectivity index (χ1) is 6.33. The van der Waals surface area contributed by atoms with E-state index < -0.39 is 0 Å². The van der Waals surface area contributed by atoms with E-state index in [-0.39, 0.29) is 18.6 Å². The zero-order valence-corrected chi connectivity index (χ0v) is 7.06. The van der Waals surface area contributed by atoms with E-state index in [0.29, 0.717) is 6.42 Å². The van der Waals surface area contributed by atoms with Gasteiger partial charge in [0.05, 0.1) is 12.1 Å². The number of hydrogen-bond donors (Lipinski definition) is 0. The minimum absolute atomic E-state index is 0.0713. The van der Waals surface area contributed by atoms with Crippen molar-refractivity contribution >= 4 is 5.91 Å². The Balaban J connectivity index is 2.19. The number of hydrogen-bond acceptors (Lipinski definition) is 2. The number of terminal acetylenes is 1. The average Bonchev–Trinajstić information content (AvgIpc) is 2.67. The lowest BCUT2D eigenvalue weighted by Crippen LogP contribution is -2.01. The Labute approximate surface area is 76.3 Å². The normalized spacial score (nSPS) is 19.9. The van der Waals surface area contributed by atoms with Crippen molar-refractivity contribution in [3.05, 3.63) is 24.0 Å². The molecule has 13 heavy (non-hydrogen) atoms. The van der Waals surface area contributed by atoms with Crippen LogP contribution in [0.15, 0.2) is 18.3 Å². The predicted molar refractivity (Wildman–Crippen MR) is 47.2 cm³/mol. The van der Waals surface area contributed by atoms with Crippen LogP contribution in [0.4, 0.5) is 0 Å². The molecule has 3 heteroatoms. The van der Waals surface area contributed by atoms with Gasteiger partial charge in [0.25, 0.3) is 0 Å². The monoisotopic (exact) mass is 175 g/mol. The number of aromatic nitrogens is 1. The summed E-state index contributed by atoms with van der Waals surface area (Å²) < 4.78 is 6.94. The third kappa shape index (κ3) is 1.25. The Bertz CT molecular complexity index is 373. The number of ether oxygens (including phenoxy) is 1. The second-order valence-electron chi connectivity index (χ2n) is 2.90. The van der Waals surface area contributed by atoms with Crippen molar-refractivity contribution < 1.29 is 9.53 Å². The molecule has 1 atom stereocenters. The fourth-order valence-electron chi connectivity index (χ4n) is 1.54. The van der Waals surface area contributed by atoms with E-state index in [0.717, 1.165) is 5.69 Å². The molecule has 1 aliphatic rings. The minimum Gasteiger partial charge on any atom is -0.359 e. The molecule has 1 aliphatic heterocycles. The van der Waals surface area contributed by atoms with Gasteiger partial charge in [-0.25, -0.2) is 0 Å². The molecule has 0 aliphatic carbocycles. The molecule has 0 bridgehead atoms. The summed E-state index contributed by atoms with van der Waals surface area (Å²) in [6.07, 6.45) is 7.06. The van der Waals surface area contributed by atoms with Gasteiger partial charge in [-0.05, 0) is 12.1 Å². The van der Waals surface area contributed by atoms with Crippen LogP contribution < -0.4 is 0 Å². The van der Waals surface area contributed by atoms with Crippen LogP contribution in [0.5, 0.6) is 0 Å². The smallest absolute Gasteiger partial charge is 0.233 e. The zero-order chi connectivity index (χ0) is 9.26. The first kappa shape index (κ1) is 8.09. The molecule has 1 aromatic heterocycles. The Morgan fingerprint density at radius 1 is 1.77 bits per heavy atom. The maximum Gasteiger partial charge on any atom is 0.233 e. The van der Waals surface area contributed by atoms with E-state index in [4.69, 9.17) is 11.2 Å². The number of rotatable bonds is 2. The van der Waals surface area contributed by atoms with Crippen molar-refractivity contribution in [1.29, 1.82) is 0 Å². The Kier molecular flexibility index (Phi) is 1.91. The molecule has 2 heterocycles. The van der Waals surface area contributed by atoms with E-state index in [1.54, 1.807) is 10.8 Å². The topological polar surface area (TPSA) is 31.2 Å². The molecule has 3 nitrogen and oxygen atoms in total. The van der Waals surface area contributed by atoms with Crippen LogP contribution in [0, 0.1) is 12.3 Å². The summed E-state index contributed by atoms with van der Waals surface area (Å²) in [5.41, 5.74) is 0.903. The van der Waals surface area contributed by atoms with Crippen molar-refractivity contribution in [2.45, 2.75) is 12.5 Å². The van der Waals surface area contributed by atoms with Crippen molar-refractivity contribution in [1.82, 2.24) is 4.57 Å². The second-order valence-corrected chi connectivity index (χ2v) is 2.90. The summed E-state index contributed by atoms with van der Waals surface area (Å²) >= 11 is 0. The molecule has 0 N–H and O–H groups in total. The highest BCUT2D eigenvalue weighted by molar-refractivity contribution is 5.83. The molecule has 0 spiro atoms. The van der Waals surface area contributed by atoms with E-state index >= 15 is 0 Å². The van der Waals surface area contributed by atoms with Crippen LogP contribution in [0.25, 0.3) is 0 Å². The third-order valence-corrected chi connectivity index (χ3v) is 2.11. The first-order valence-corrected chi connectivity index (χ1v) is 4.08. The average molecular weight is 175 g/mol. The van der Waals surface area contributed by atoms with Crippen LogP contribution in [0.1, 0.15) is 23.0 Å². The van der Waals surface area contributed by atoms with Gasteiger partial charge >= 0.3 is 0 Å². The van der Waals surface area contributed by atoms with Gasteiger partial charge in [-0.15, -0.1) is 6.42 Å². The molecular weight excluding hydrogens is 166 g/mol. The Morgan fingerprint density at radius 3 is 3.38 bits per heavy atom. The molecule has 2 rings (SSSR count). The summed E-state index contributed by atoms with van der Waals surface area (Å²) in [7, 11) is 0. The highest BCUT2D eigenvalue weighted by Gasteiger charge is 2.28. The summed E-state index contributed by atoms with van der Waals surface area (Å²) in [4.78, 5) is 11.3. The maximum atomic E-state index is 11.3. The Hall–Kier alpha value is -1.53. The summed E-state index contributed by atoms with van der Waals surface area (Å²) in [6.45, 7) is 0.253. The standard InChI is InChI=1S/C10H9NO2/c1-2-6-13-9-7-10(12)11-5-3-4-8(9)11/h1,3-5,9H,6-7H2. The van der Waals surface area contributed by atoms with Crippen LogP contribution >= 0.6 is 0 Å². The number of nitrogens with zero attached hydrogens (tertiary/aromatic N) is 1. The van der Waals surface area contributed by atoms with Gasteiger partial charge in [-0.1, -0.05) is 5.92 Å². The van der Waals surface area contributed by atoms with Gasteiger partial charge in [-0.3, -0.25) is 9.36 Å². The van der Waals surface area contributed by atoms with Gasteiger partial charge in [0, 0.05) is 6.20 Å². The van der Waals surface area contributed by atoms with Crippen molar-refractivity contribution in [2.75, 3.05) is 6.61 Å². The van der Waals surface area contributed by atoms with Gasteiger partial charge in [0.2, 0.25) is 5.91 Å². The number of carbonyl (C=O) groups excluding carboxylic acids is 1.